The summed E-state index contributed by atoms with van der Waals surface area (Å²) >= 11 is 0. The number of fused-ring (bicyclic) bond motifs is 1. The van der Waals surface area contributed by atoms with Crippen LogP contribution in [0.2, 0.25) is 0 Å². The highest BCUT2D eigenvalue weighted by molar-refractivity contribution is 5.93. The molecule has 8 heteroatoms. The average Bonchev–Trinajstić information content (AvgIpc) is 3.25. The molecule has 3 heterocycles. The lowest BCUT2D eigenvalue weighted by Crippen LogP contribution is -2.06. The molecule has 0 unspecified atom stereocenters. The minimum Gasteiger partial charge on any atom is -0.452 e. The SMILES string of the molecule is Cc1nn(C)c2ncc(C(=O)OCc3nnc(-c4ccccc4)o3)cc12. The van der Waals surface area contributed by atoms with E-state index in [1.165, 1.54) is 6.20 Å². The molecule has 26 heavy (non-hydrogen) atoms. The molecule has 0 spiro atoms. The zero-order valence-electron chi connectivity index (χ0n) is 14.2. The van der Waals surface area contributed by atoms with Crippen LogP contribution in [0, 0.1) is 6.92 Å². The number of hydrogen-bond acceptors (Lipinski definition) is 7. The summed E-state index contributed by atoms with van der Waals surface area (Å²) in [5, 5.41) is 13.0. The number of carbonyl (C=O) groups excluding carboxylic acids is 1. The van der Waals surface area contributed by atoms with E-state index in [0.717, 1.165) is 16.6 Å². The summed E-state index contributed by atoms with van der Waals surface area (Å²) in [5.74, 6) is 0.0941. The van der Waals surface area contributed by atoms with E-state index in [1.807, 2.05) is 37.3 Å². The maximum atomic E-state index is 12.3. The number of aromatic nitrogens is 5. The Kier molecular flexibility index (Phi) is 3.92. The quantitative estimate of drug-likeness (QED) is 0.523. The first-order valence-electron chi connectivity index (χ1n) is 7.96. The molecule has 0 saturated carbocycles. The average molecular weight is 349 g/mol. The monoisotopic (exact) mass is 349 g/mol. The molecule has 0 fully saturated rings. The third kappa shape index (κ3) is 2.92. The maximum Gasteiger partial charge on any atom is 0.340 e. The van der Waals surface area contributed by atoms with Crippen molar-refractivity contribution >= 4 is 17.0 Å². The Labute approximate surface area is 148 Å². The fourth-order valence-corrected chi connectivity index (χ4v) is 2.64. The van der Waals surface area contributed by atoms with Gasteiger partial charge in [-0.25, -0.2) is 9.78 Å². The zero-order valence-corrected chi connectivity index (χ0v) is 14.2. The normalized spacial score (nSPS) is 11.0. The van der Waals surface area contributed by atoms with Crippen LogP contribution in [0.25, 0.3) is 22.5 Å². The Morgan fingerprint density at radius 1 is 1.23 bits per heavy atom. The molecule has 0 aliphatic carbocycles. The van der Waals surface area contributed by atoms with Crippen LogP contribution < -0.4 is 0 Å². The standard InChI is InChI=1S/C18H15N5O3/c1-11-14-8-13(9-19-16(14)23(2)22-11)18(24)25-10-15-20-21-17(26-15)12-6-4-3-5-7-12/h3-9H,10H2,1-2H3. The molecule has 0 amide bonds. The van der Waals surface area contributed by atoms with E-state index in [-0.39, 0.29) is 12.5 Å². The molecule has 0 saturated heterocycles. The van der Waals surface area contributed by atoms with Gasteiger partial charge in [-0.05, 0) is 25.1 Å². The predicted molar refractivity (Wildman–Crippen MR) is 92.1 cm³/mol. The molecule has 4 aromatic rings. The van der Waals surface area contributed by atoms with E-state index in [0.29, 0.717) is 17.1 Å². The van der Waals surface area contributed by atoms with Crippen molar-refractivity contribution < 1.29 is 13.9 Å². The summed E-state index contributed by atoms with van der Waals surface area (Å²) in [7, 11) is 1.81. The second-order valence-corrected chi connectivity index (χ2v) is 5.75. The third-order valence-electron chi connectivity index (χ3n) is 3.91. The van der Waals surface area contributed by atoms with Crippen LogP contribution in [0.4, 0.5) is 0 Å². The summed E-state index contributed by atoms with van der Waals surface area (Å²) in [6, 6.07) is 11.1. The molecule has 0 bridgehead atoms. The smallest absolute Gasteiger partial charge is 0.340 e. The van der Waals surface area contributed by atoms with Gasteiger partial charge in [-0.15, -0.1) is 10.2 Å². The number of rotatable bonds is 4. The Hall–Kier alpha value is -3.55. The van der Waals surface area contributed by atoms with E-state index in [2.05, 4.69) is 20.3 Å². The van der Waals surface area contributed by atoms with Crippen LogP contribution in [-0.4, -0.2) is 30.9 Å². The van der Waals surface area contributed by atoms with Crippen molar-refractivity contribution in [3.8, 4) is 11.5 Å². The van der Waals surface area contributed by atoms with E-state index in [1.54, 1.807) is 17.8 Å². The van der Waals surface area contributed by atoms with Crippen LogP contribution >= 0.6 is 0 Å². The molecular weight excluding hydrogens is 334 g/mol. The van der Waals surface area contributed by atoms with Crippen molar-refractivity contribution in [3.05, 3.63) is 59.7 Å². The molecule has 0 aliphatic rings. The molecule has 0 radical (unpaired) electrons. The van der Waals surface area contributed by atoms with Crippen molar-refractivity contribution in [2.24, 2.45) is 7.05 Å². The molecular formula is C18H15N5O3. The zero-order chi connectivity index (χ0) is 18.1. The van der Waals surface area contributed by atoms with Crippen molar-refractivity contribution in [2.45, 2.75) is 13.5 Å². The molecule has 130 valence electrons. The maximum absolute atomic E-state index is 12.3. The highest BCUT2D eigenvalue weighted by Crippen LogP contribution is 2.19. The summed E-state index contributed by atoms with van der Waals surface area (Å²) in [5.41, 5.74) is 2.66. The summed E-state index contributed by atoms with van der Waals surface area (Å²) in [4.78, 5) is 16.5. The Morgan fingerprint density at radius 3 is 2.85 bits per heavy atom. The van der Waals surface area contributed by atoms with Crippen molar-refractivity contribution in [3.63, 3.8) is 0 Å². The largest absolute Gasteiger partial charge is 0.452 e. The number of ether oxygens (including phenoxy) is 1. The predicted octanol–water partition coefficient (Wildman–Crippen LogP) is 2.68. The lowest BCUT2D eigenvalue weighted by Gasteiger charge is -2.02. The molecule has 4 rings (SSSR count). The molecule has 8 nitrogen and oxygen atoms in total. The lowest BCUT2D eigenvalue weighted by molar-refractivity contribution is 0.0438. The Bertz CT molecular complexity index is 1080. The van der Waals surface area contributed by atoms with Gasteiger partial charge < -0.3 is 9.15 Å². The number of nitrogens with zero attached hydrogens (tertiary/aromatic N) is 5. The first-order valence-corrected chi connectivity index (χ1v) is 7.96. The van der Waals surface area contributed by atoms with Crippen LogP contribution in [0.1, 0.15) is 21.9 Å². The van der Waals surface area contributed by atoms with Gasteiger partial charge >= 0.3 is 5.97 Å². The van der Waals surface area contributed by atoms with E-state index in [9.17, 15) is 4.79 Å². The fourth-order valence-electron chi connectivity index (χ4n) is 2.64. The summed E-state index contributed by atoms with van der Waals surface area (Å²) in [6.45, 7) is 1.76. The van der Waals surface area contributed by atoms with Crippen LogP contribution in [0.5, 0.6) is 0 Å². The van der Waals surface area contributed by atoms with E-state index in [4.69, 9.17) is 9.15 Å². The van der Waals surface area contributed by atoms with Gasteiger partial charge in [0.25, 0.3) is 5.89 Å². The number of carbonyl (C=O) groups is 1. The van der Waals surface area contributed by atoms with E-state index < -0.39 is 5.97 Å². The summed E-state index contributed by atoms with van der Waals surface area (Å²) in [6.07, 6.45) is 1.47. The van der Waals surface area contributed by atoms with Crippen molar-refractivity contribution in [2.75, 3.05) is 0 Å². The molecule has 0 N–H and O–H groups in total. The highest BCUT2D eigenvalue weighted by Gasteiger charge is 2.15. The van der Waals surface area contributed by atoms with Crippen LogP contribution in [0.15, 0.2) is 47.0 Å². The highest BCUT2D eigenvalue weighted by atomic mass is 16.5. The number of esters is 1. The van der Waals surface area contributed by atoms with Crippen molar-refractivity contribution in [1.29, 1.82) is 0 Å². The second kappa shape index (κ2) is 6.40. The molecule has 0 aliphatic heterocycles. The number of benzene rings is 1. The van der Waals surface area contributed by atoms with Gasteiger partial charge in [0, 0.05) is 24.2 Å². The first-order chi connectivity index (χ1) is 12.6. The number of aryl methyl sites for hydroxylation is 2. The molecule has 3 aromatic heterocycles. The van der Waals surface area contributed by atoms with Crippen LogP contribution in [0.3, 0.4) is 0 Å². The summed E-state index contributed by atoms with van der Waals surface area (Å²) < 4.78 is 12.4. The molecule has 1 aromatic carbocycles. The Balaban J connectivity index is 1.47. The van der Waals surface area contributed by atoms with E-state index >= 15 is 0 Å². The molecule has 0 atom stereocenters. The lowest BCUT2D eigenvalue weighted by atomic mass is 10.2. The minimum atomic E-state index is -0.512. The van der Waals surface area contributed by atoms with Crippen molar-refractivity contribution in [1.82, 2.24) is 25.0 Å². The number of pyridine rings is 1. The van der Waals surface area contributed by atoms with Gasteiger partial charge in [0.2, 0.25) is 5.89 Å². The minimum absolute atomic E-state index is 0.108. The second-order valence-electron chi connectivity index (χ2n) is 5.75. The van der Waals surface area contributed by atoms with Crippen LogP contribution in [-0.2, 0) is 18.4 Å². The number of hydrogen-bond donors (Lipinski definition) is 0. The van der Waals surface area contributed by atoms with Gasteiger partial charge in [-0.2, -0.15) is 5.10 Å². The topological polar surface area (TPSA) is 95.9 Å². The van der Waals surface area contributed by atoms with Gasteiger partial charge in [-0.3, -0.25) is 4.68 Å². The Morgan fingerprint density at radius 2 is 2.04 bits per heavy atom. The first kappa shape index (κ1) is 15.9. The van der Waals surface area contributed by atoms with Gasteiger partial charge in [-0.1, -0.05) is 18.2 Å². The third-order valence-corrected chi connectivity index (χ3v) is 3.91. The van der Waals surface area contributed by atoms with Gasteiger partial charge in [0.15, 0.2) is 12.3 Å². The fraction of sp³-hybridized carbons (Fsp3) is 0.167. The van der Waals surface area contributed by atoms with Gasteiger partial charge in [0.1, 0.15) is 0 Å². The van der Waals surface area contributed by atoms with Gasteiger partial charge in [0.05, 0.1) is 11.3 Å².